The van der Waals surface area contributed by atoms with Crippen LogP contribution in [0, 0.1) is 5.92 Å². The van der Waals surface area contributed by atoms with Crippen LogP contribution in [0.15, 0.2) is 4.47 Å². The minimum Gasteiger partial charge on any atom is -0.383 e. The Morgan fingerprint density at radius 3 is 2.53 bits per heavy atom. The van der Waals surface area contributed by atoms with Crippen LogP contribution < -0.4 is 5.32 Å². The molecule has 0 aliphatic rings. The highest BCUT2D eigenvalue weighted by molar-refractivity contribution is 9.10. The molecule has 1 atom stereocenters. The van der Waals surface area contributed by atoms with Gasteiger partial charge in [0, 0.05) is 26.2 Å². The third kappa shape index (κ3) is 4.29. The van der Waals surface area contributed by atoms with Gasteiger partial charge >= 0.3 is 0 Å². The Morgan fingerprint density at radius 2 is 2.05 bits per heavy atom. The first-order valence-electron chi connectivity index (χ1n) is 7.01. The maximum Gasteiger partial charge on any atom is 0.0767 e. The van der Waals surface area contributed by atoms with Crippen molar-refractivity contribution >= 4 is 15.9 Å². The van der Waals surface area contributed by atoms with E-state index < -0.39 is 0 Å². The molecule has 0 aliphatic heterocycles. The van der Waals surface area contributed by atoms with Crippen molar-refractivity contribution < 1.29 is 4.74 Å². The summed E-state index contributed by atoms with van der Waals surface area (Å²) >= 11 is 3.67. The fourth-order valence-electron chi connectivity index (χ4n) is 2.08. The van der Waals surface area contributed by atoms with Crippen molar-refractivity contribution in [3.8, 4) is 0 Å². The summed E-state index contributed by atoms with van der Waals surface area (Å²) in [4.78, 5) is 0. The van der Waals surface area contributed by atoms with Crippen molar-refractivity contribution in [1.82, 2.24) is 15.1 Å². The predicted molar refractivity (Wildman–Crippen MR) is 82.3 cm³/mol. The largest absolute Gasteiger partial charge is 0.383 e. The number of rotatable bonds is 8. The van der Waals surface area contributed by atoms with Crippen LogP contribution in [0.5, 0.6) is 0 Å². The van der Waals surface area contributed by atoms with Crippen LogP contribution in [-0.2, 0) is 24.2 Å². The molecule has 1 aromatic rings. The Labute approximate surface area is 125 Å². The molecule has 19 heavy (non-hydrogen) atoms. The van der Waals surface area contributed by atoms with Crippen molar-refractivity contribution in [2.45, 2.75) is 53.2 Å². The summed E-state index contributed by atoms with van der Waals surface area (Å²) in [6, 6.07) is 0.363. The highest BCUT2D eigenvalue weighted by atomic mass is 79.9. The Kier molecular flexibility index (Phi) is 7.04. The average Bonchev–Trinajstić information content (AvgIpc) is 2.70. The number of ether oxygens (including phenoxy) is 1. The number of hydrogen-bond acceptors (Lipinski definition) is 3. The maximum absolute atomic E-state index is 5.27. The lowest BCUT2D eigenvalue weighted by Gasteiger charge is -2.21. The molecule has 1 N–H and O–H groups in total. The predicted octanol–water partition coefficient (Wildman–Crippen LogP) is 2.99. The quantitative estimate of drug-likeness (QED) is 0.795. The summed E-state index contributed by atoms with van der Waals surface area (Å²) in [6.07, 6.45) is 0.951. The third-order valence-corrected chi connectivity index (χ3v) is 4.29. The van der Waals surface area contributed by atoms with Gasteiger partial charge in [0.05, 0.1) is 22.5 Å². The van der Waals surface area contributed by atoms with Crippen LogP contribution in [0.4, 0.5) is 0 Å². The summed E-state index contributed by atoms with van der Waals surface area (Å²) in [6.45, 7) is 11.1. The molecule has 0 aromatic carbocycles. The second kappa shape index (κ2) is 8.02. The maximum atomic E-state index is 5.27. The molecule has 4 nitrogen and oxygen atoms in total. The van der Waals surface area contributed by atoms with Gasteiger partial charge < -0.3 is 10.1 Å². The third-order valence-electron chi connectivity index (χ3n) is 3.38. The fourth-order valence-corrected chi connectivity index (χ4v) is 2.79. The van der Waals surface area contributed by atoms with Gasteiger partial charge in [-0.3, -0.25) is 4.68 Å². The van der Waals surface area contributed by atoms with Gasteiger partial charge in [-0.1, -0.05) is 20.8 Å². The monoisotopic (exact) mass is 331 g/mol. The molecule has 5 heteroatoms. The zero-order chi connectivity index (χ0) is 14.4. The average molecular weight is 332 g/mol. The summed E-state index contributed by atoms with van der Waals surface area (Å²) < 4.78 is 8.48. The lowest BCUT2D eigenvalue weighted by atomic mass is 10.1. The highest BCUT2D eigenvalue weighted by Gasteiger charge is 2.17. The van der Waals surface area contributed by atoms with Crippen LogP contribution in [0.25, 0.3) is 0 Å². The second-order valence-corrected chi connectivity index (χ2v) is 5.86. The zero-order valence-corrected chi connectivity index (χ0v) is 14.2. The van der Waals surface area contributed by atoms with Crippen LogP contribution in [0.1, 0.15) is 39.1 Å². The SMILES string of the molecule is CCc1nn(CC)c(CNC(COC)C(C)C)c1Br. The van der Waals surface area contributed by atoms with Gasteiger partial charge in [-0.15, -0.1) is 0 Å². The number of aromatic nitrogens is 2. The fraction of sp³-hybridized carbons (Fsp3) is 0.786. The molecule has 1 rings (SSSR count). The smallest absolute Gasteiger partial charge is 0.0767 e. The molecule has 0 spiro atoms. The van der Waals surface area contributed by atoms with Crippen LogP contribution >= 0.6 is 15.9 Å². The van der Waals surface area contributed by atoms with Gasteiger partial charge in [0.2, 0.25) is 0 Å². The summed E-state index contributed by atoms with van der Waals surface area (Å²) in [7, 11) is 1.75. The molecule has 0 aliphatic carbocycles. The van der Waals surface area contributed by atoms with Gasteiger partial charge in [-0.05, 0) is 35.2 Å². The van der Waals surface area contributed by atoms with E-state index in [2.05, 4.69) is 58.7 Å². The molecule has 1 aromatic heterocycles. The molecular formula is C14H26BrN3O. The first-order chi connectivity index (χ1) is 9.04. The molecule has 1 heterocycles. The minimum atomic E-state index is 0.363. The number of nitrogens with one attached hydrogen (secondary N) is 1. The summed E-state index contributed by atoms with van der Waals surface area (Å²) in [5, 5.41) is 8.19. The minimum absolute atomic E-state index is 0.363. The van der Waals surface area contributed by atoms with Crippen molar-refractivity contribution in [1.29, 1.82) is 0 Å². The molecule has 0 amide bonds. The van der Waals surface area contributed by atoms with E-state index in [0.717, 1.165) is 36.3 Å². The van der Waals surface area contributed by atoms with Gasteiger partial charge in [-0.25, -0.2) is 0 Å². The molecule has 110 valence electrons. The Hall–Kier alpha value is -0.390. The topological polar surface area (TPSA) is 39.1 Å². The Bertz CT molecular complexity index is 390. The van der Waals surface area contributed by atoms with E-state index >= 15 is 0 Å². The number of hydrogen-bond donors (Lipinski definition) is 1. The molecular weight excluding hydrogens is 306 g/mol. The van der Waals surface area contributed by atoms with Gasteiger partial charge in [0.1, 0.15) is 0 Å². The highest BCUT2D eigenvalue weighted by Crippen LogP contribution is 2.22. The molecule has 0 saturated heterocycles. The van der Waals surface area contributed by atoms with Gasteiger partial charge in [-0.2, -0.15) is 5.10 Å². The van der Waals surface area contributed by atoms with Gasteiger partial charge in [0.15, 0.2) is 0 Å². The number of nitrogens with zero attached hydrogens (tertiary/aromatic N) is 2. The molecule has 0 radical (unpaired) electrons. The number of methoxy groups -OCH3 is 1. The van der Waals surface area contributed by atoms with E-state index in [0.29, 0.717) is 12.0 Å². The second-order valence-electron chi connectivity index (χ2n) is 5.06. The molecule has 1 unspecified atom stereocenters. The number of halogens is 1. The lowest BCUT2D eigenvalue weighted by molar-refractivity contribution is 0.146. The van der Waals surface area contributed by atoms with Crippen molar-refractivity contribution in [3.05, 3.63) is 15.9 Å². The van der Waals surface area contributed by atoms with Crippen LogP contribution in [0.3, 0.4) is 0 Å². The van der Waals surface area contributed by atoms with Crippen molar-refractivity contribution in [2.24, 2.45) is 5.92 Å². The molecule has 0 bridgehead atoms. The number of aryl methyl sites for hydroxylation is 2. The standard InChI is InChI=1S/C14H26BrN3O/c1-6-11-14(15)13(18(7-2)17-11)8-16-12(9-19-5)10(3)4/h10,12,16H,6-9H2,1-5H3. The summed E-state index contributed by atoms with van der Waals surface area (Å²) in [5.41, 5.74) is 2.35. The Morgan fingerprint density at radius 1 is 1.37 bits per heavy atom. The van der Waals surface area contributed by atoms with E-state index in [1.807, 2.05) is 0 Å². The van der Waals surface area contributed by atoms with Crippen LogP contribution in [-0.4, -0.2) is 29.5 Å². The van der Waals surface area contributed by atoms with Gasteiger partial charge in [0.25, 0.3) is 0 Å². The van der Waals surface area contributed by atoms with Crippen molar-refractivity contribution in [3.63, 3.8) is 0 Å². The molecule has 0 saturated carbocycles. The summed E-state index contributed by atoms with van der Waals surface area (Å²) in [5.74, 6) is 0.544. The Balaban J connectivity index is 2.78. The first kappa shape index (κ1) is 16.7. The molecule has 0 fully saturated rings. The zero-order valence-electron chi connectivity index (χ0n) is 12.7. The van der Waals surface area contributed by atoms with E-state index in [4.69, 9.17) is 4.74 Å². The van der Waals surface area contributed by atoms with E-state index in [-0.39, 0.29) is 0 Å². The van der Waals surface area contributed by atoms with Crippen LogP contribution in [0.2, 0.25) is 0 Å². The van der Waals surface area contributed by atoms with E-state index in [1.54, 1.807) is 7.11 Å². The van der Waals surface area contributed by atoms with E-state index in [1.165, 1.54) is 5.69 Å². The lowest BCUT2D eigenvalue weighted by Crippen LogP contribution is -2.37. The van der Waals surface area contributed by atoms with E-state index in [9.17, 15) is 0 Å². The first-order valence-corrected chi connectivity index (χ1v) is 7.80. The normalized spacial score (nSPS) is 13.2. The van der Waals surface area contributed by atoms with Crippen molar-refractivity contribution in [2.75, 3.05) is 13.7 Å².